The molecular weight excluding hydrogens is 266 g/mol. The highest BCUT2D eigenvalue weighted by Gasteiger charge is 2.16. The number of nitrogens with zero attached hydrogens (tertiary/aromatic N) is 2. The van der Waals surface area contributed by atoms with E-state index in [2.05, 4.69) is 26.9 Å². The van der Waals surface area contributed by atoms with Gasteiger partial charge >= 0.3 is 0 Å². The fourth-order valence-corrected chi connectivity index (χ4v) is 2.42. The highest BCUT2D eigenvalue weighted by Crippen LogP contribution is 1.97. The minimum atomic E-state index is -3.43. The Balaban J connectivity index is 2.27. The molecule has 110 valence electrons. The summed E-state index contributed by atoms with van der Waals surface area (Å²) in [4.78, 5) is 6.81. The number of nitrogens with one attached hydrogen (secondary N) is 3. The van der Waals surface area contributed by atoms with Crippen LogP contribution in [0.5, 0.6) is 0 Å². The molecule has 8 heteroatoms. The summed E-state index contributed by atoms with van der Waals surface area (Å²) in [6.45, 7) is 4.55. The topological polar surface area (TPSA) is 90.1 Å². The molecule has 0 aromatic carbocycles. The molecule has 0 radical (unpaired) electrons. The summed E-state index contributed by atoms with van der Waals surface area (Å²) in [5.41, 5.74) is 0. The molecule has 0 aliphatic carbocycles. The zero-order valence-electron chi connectivity index (χ0n) is 11.5. The van der Waals surface area contributed by atoms with E-state index < -0.39 is 10.2 Å². The monoisotopic (exact) mass is 289 g/mol. The predicted octanol–water partition coefficient (Wildman–Crippen LogP) is 0.0656. The van der Waals surface area contributed by atoms with Crippen LogP contribution in [0.25, 0.3) is 0 Å². The van der Waals surface area contributed by atoms with Crippen LogP contribution in [-0.2, 0) is 16.8 Å². The third-order valence-electron chi connectivity index (χ3n) is 2.64. The van der Waals surface area contributed by atoms with Crippen molar-refractivity contribution in [2.75, 3.05) is 26.7 Å². The first-order valence-electron chi connectivity index (χ1n) is 6.46. The molecule has 0 amide bonds. The summed E-state index contributed by atoms with van der Waals surface area (Å²) >= 11 is 0. The lowest BCUT2D eigenvalue weighted by Gasteiger charge is -2.17. The molecule has 0 aliphatic rings. The molecule has 1 aromatic heterocycles. The minimum absolute atomic E-state index is 0.174. The van der Waals surface area contributed by atoms with Crippen LogP contribution in [0, 0.1) is 0 Å². The van der Waals surface area contributed by atoms with Crippen molar-refractivity contribution in [3.63, 3.8) is 0 Å². The summed E-state index contributed by atoms with van der Waals surface area (Å²) < 4.78 is 27.6. The Bertz CT molecular complexity index is 432. The van der Waals surface area contributed by atoms with Crippen LogP contribution in [0.4, 0.5) is 0 Å². The van der Waals surface area contributed by atoms with Gasteiger partial charge in [0.05, 0.1) is 6.54 Å². The van der Waals surface area contributed by atoms with Gasteiger partial charge in [-0.1, -0.05) is 6.92 Å². The van der Waals surface area contributed by atoms with E-state index >= 15 is 0 Å². The highest BCUT2D eigenvalue weighted by molar-refractivity contribution is 7.87. The lowest BCUT2D eigenvalue weighted by molar-refractivity contribution is 0.443. The smallest absolute Gasteiger partial charge is 0.279 e. The van der Waals surface area contributed by atoms with Crippen LogP contribution in [0.2, 0.25) is 0 Å². The van der Waals surface area contributed by atoms with E-state index in [1.807, 2.05) is 0 Å². The second kappa shape index (κ2) is 8.26. The zero-order chi connectivity index (χ0) is 14.1. The summed E-state index contributed by atoms with van der Waals surface area (Å²) in [7, 11) is -1.86. The Morgan fingerprint density at radius 1 is 1.42 bits per heavy atom. The lowest BCUT2D eigenvalue weighted by Crippen LogP contribution is -2.39. The summed E-state index contributed by atoms with van der Waals surface area (Å²) in [6, 6.07) is 0. The Morgan fingerprint density at radius 2 is 2.21 bits per heavy atom. The van der Waals surface area contributed by atoms with Crippen molar-refractivity contribution >= 4 is 10.2 Å². The van der Waals surface area contributed by atoms with Crippen LogP contribution in [-0.4, -0.2) is 49.4 Å². The summed E-state index contributed by atoms with van der Waals surface area (Å²) in [5.74, 6) is 0.599. The fourth-order valence-electron chi connectivity index (χ4n) is 1.51. The van der Waals surface area contributed by atoms with Gasteiger partial charge in [-0.3, -0.25) is 0 Å². The van der Waals surface area contributed by atoms with E-state index in [-0.39, 0.29) is 6.54 Å². The van der Waals surface area contributed by atoms with Gasteiger partial charge in [0, 0.05) is 26.0 Å². The quantitative estimate of drug-likeness (QED) is 0.532. The third-order valence-corrected chi connectivity index (χ3v) is 4.15. The molecule has 0 saturated heterocycles. The number of rotatable bonds is 10. The van der Waals surface area contributed by atoms with Crippen molar-refractivity contribution < 1.29 is 8.42 Å². The number of imidazole rings is 1. The van der Waals surface area contributed by atoms with E-state index in [0.29, 0.717) is 12.4 Å². The van der Waals surface area contributed by atoms with Gasteiger partial charge < -0.3 is 10.3 Å². The number of aromatic amines is 1. The van der Waals surface area contributed by atoms with Crippen LogP contribution in [0.1, 0.15) is 25.6 Å². The van der Waals surface area contributed by atoms with E-state index in [4.69, 9.17) is 0 Å². The lowest BCUT2D eigenvalue weighted by atomic mass is 10.4. The molecular formula is C11H23N5O2S. The average molecular weight is 289 g/mol. The van der Waals surface area contributed by atoms with Crippen molar-refractivity contribution in [1.82, 2.24) is 24.3 Å². The number of hydrogen-bond donors (Lipinski definition) is 3. The Morgan fingerprint density at radius 3 is 2.84 bits per heavy atom. The second-order valence-electron chi connectivity index (χ2n) is 4.29. The van der Waals surface area contributed by atoms with Gasteiger partial charge in [0.1, 0.15) is 5.82 Å². The first-order valence-corrected chi connectivity index (χ1v) is 7.90. The minimum Gasteiger partial charge on any atom is -0.347 e. The number of hydrogen-bond acceptors (Lipinski definition) is 4. The van der Waals surface area contributed by atoms with Gasteiger partial charge in [-0.15, -0.1) is 0 Å². The molecule has 19 heavy (non-hydrogen) atoms. The van der Waals surface area contributed by atoms with Crippen molar-refractivity contribution in [1.29, 1.82) is 0 Å². The van der Waals surface area contributed by atoms with Gasteiger partial charge in [-0.05, 0) is 25.9 Å². The first kappa shape index (κ1) is 16.1. The molecule has 0 atom stereocenters. The first-order chi connectivity index (χ1) is 9.06. The maximum Gasteiger partial charge on any atom is 0.279 e. The standard InChI is InChI=1S/C11H23N5O2S/c1-3-5-12-6-4-9-16(2)19(17,18)15-10-11-13-7-8-14-11/h7-8,12,15H,3-6,9-10H2,1-2H3,(H,13,14). The number of H-pyrrole nitrogens is 1. The van der Waals surface area contributed by atoms with Crippen molar-refractivity contribution in [3.8, 4) is 0 Å². The van der Waals surface area contributed by atoms with Gasteiger partial charge in [0.15, 0.2) is 0 Å². The van der Waals surface area contributed by atoms with E-state index in [0.717, 1.165) is 25.9 Å². The Hall–Kier alpha value is -0.960. The molecule has 0 unspecified atom stereocenters. The molecule has 1 heterocycles. The number of aromatic nitrogens is 2. The molecule has 7 nitrogen and oxygen atoms in total. The van der Waals surface area contributed by atoms with Gasteiger partial charge in [-0.25, -0.2) is 4.98 Å². The van der Waals surface area contributed by atoms with E-state index in [1.54, 1.807) is 19.4 Å². The van der Waals surface area contributed by atoms with Gasteiger partial charge in [0.25, 0.3) is 10.2 Å². The molecule has 0 spiro atoms. The van der Waals surface area contributed by atoms with Crippen molar-refractivity contribution in [2.45, 2.75) is 26.3 Å². The molecule has 1 aromatic rings. The Labute approximate surface area is 115 Å². The van der Waals surface area contributed by atoms with Crippen molar-refractivity contribution in [3.05, 3.63) is 18.2 Å². The van der Waals surface area contributed by atoms with Gasteiger partial charge in [0.2, 0.25) is 0 Å². The summed E-state index contributed by atoms with van der Waals surface area (Å²) in [6.07, 6.45) is 5.12. The molecule has 0 fully saturated rings. The van der Waals surface area contributed by atoms with Crippen LogP contribution in [0.15, 0.2) is 12.4 Å². The highest BCUT2D eigenvalue weighted by atomic mass is 32.2. The second-order valence-corrected chi connectivity index (χ2v) is 6.15. The van der Waals surface area contributed by atoms with E-state index in [1.165, 1.54) is 4.31 Å². The molecule has 0 saturated carbocycles. The predicted molar refractivity (Wildman–Crippen MR) is 74.8 cm³/mol. The largest absolute Gasteiger partial charge is 0.347 e. The van der Waals surface area contributed by atoms with Gasteiger partial charge in [-0.2, -0.15) is 17.4 Å². The Kier molecular flexibility index (Phi) is 7.00. The normalized spacial score (nSPS) is 12.2. The molecule has 3 N–H and O–H groups in total. The summed E-state index contributed by atoms with van der Waals surface area (Å²) in [5, 5.41) is 3.24. The molecule has 0 bridgehead atoms. The van der Waals surface area contributed by atoms with Crippen molar-refractivity contribution in [2.24, 2.45) is 0 Å². The SMILES string of the molecule is CCCNCCCN(C)S(=O)(=O)NCc1ncc[nH]1. The van der Waals surface area contributed by atoms with E-state index in [9.17, 15) is 8.42 Å². The fraction of sp³-hybridized carbons (Fsp3) is 0.727. The molecule has 0 aliphatic heterocycles. The zero-order valence-corrected chi connectivity index (χ0v) is 12.3. The third kappa shape index (κ3) is 6.15. The van der Waals surface area contributed by atoms with Crippen LogP contribution in [0.3, 0.4) is 0 Å². The van der Waals surface area contributed by atoms with Crippen LogP contribution >= 0.6 is 0 Å². The maximum absolute atomic E-state index is 11.9. The maximum atomic E-state index is 11.9. The average Bonchev–Trinajstić information content (AvgIpc) is 2.89. The van der Waals surface area contributed by atoms with Crippen LogP contribution < -0.4 is 10.0 Å². The molecule has 1 rings (SSSR count).